The van der Waals surface area contributed by atoms with Crippen molar-refractivity contribution in [1.29, 1.82) is 0 Å². The third-order valence-electron chi connectivity index (χ3n) is 5.76. The number of H-pyrrole nitrogens is 2. The van der Waals surface area contributed by atoms with Crippen LogP contribution in [0.1, 0.15) is 31.7 Å². The lowest BCUT2D eigenvalue weighted by Gasteiger charge is -2.31. The molecule has 36 heavy (non-hydrogen) atoms. The van der Waals surface area contributed by atoms with Gasteiger partial charge in [-0.3, -0.25) is 14.4 Å². The highest BCUT2D eigenvalue weighted by Gasteiger charge is 2.38. The normalized spacial score (nSPS) is 16.6. The predicted molar refractivity (Wildman–Crippen MR) is 125 cm³/mol. The van der Waals surface area contributed by atoms with E-state index in [0.717, 1.165) is 30.1 Å². The number of halogens is 3. The lowest BCUT2D eigenvalue weighted by molar-refractivity contribution is -0.138. The van der Waals surface area contributed by atoms with Crippen LogP contribution in [-0.4, -0.2) is 66.2 Å². The number of piperidine rings is 1. The molecular formula is C21H24F3N8O3Si. The van der Waals surface area contributed by atoms with E-state index in [0.29, 0.717) is 19.0 Å². The fourth-order valence-electron chi connectivity index (χ4n) is 3.99. The first-order chi connectivity index (χ1) is 17.0. The minimum absolute atomic E-state index is 0.142. The number of aromatic amines is 2. The van der Waals surface area contributed by atoms with Crippen molar-refractivity contribution in [2.45, 2.75) is 37.5 Å². The number of alkyl halides is 3. The Labute approximate surface area is 206 Å². The Kier molecular flexibility index (Phi) is 7.30. The quantitative estimate of drug-likeness (QED) is 0.259. The van der Waals surface area contributed by atoms with Gasteiger partial charge in [0.2, 0.25) is 11.9 Å². The van der Waals surface area contributed by atoms with E-state index in [1.165, 1.54) is 6.92 Å². The number of amides is 1. The molecule has 0 saturated carbocycles. The summed E-state index contributed by atoms with van der Waals surface area (Å²) >= 11 is 0. The van der Waals surface area contributed by atoms with Gasteiger partial charge in [-0.15, -0.1) is 0 Å². The molecule has 191 valence electrons. The standard InChI is InChI=1S/C21H24F3N8O3Si/c1-20(36,29-14-10-27-30-18(34)16(14)21(22,23)24)11-35-31-15(33)8-12-3-6-32(7-4-12)19-26-9-13-2-5-25-17(13)28-19/h2,5,9-10,12H,3-4,6-8,11H2,1H3,(H,31,33)(H,25,26,28)(H2,29,30,34)/t20-/m0/s1. The second-order valence-corrected chi connectivity index (χ2v) is 9.95. The van der Waals surface area contributed by atoms with E-state index in [1.54, 1.807) is 11.3 Å². The topological polar surface area (TPSA) is 141 Å². The number of hydrogen-bond acceptors (Lipinski definition) is 8. The van der Waals surface area contributed by atoms with Crippen LogP contribution in [0.4, 0.5) is 24.8 Å². The summed E-state index contributed by atoms with van der Waals surface area (Å²) in [4.78, 5) is 43.2. The number of hydrogen-bond donors (Lipinski definition) is 4. The van der Waals surface area contributed by atoms with E-state index in [2.05, 4.69) is 46.0 Å². The van der Waals surface area contributed by atoms with Crippen LogP contribution in [-0.2, 0) is 15.8 Å². The number of hydroxylamine groups is 1. The van der Waals surface area contributed by atoms with Crippen molar-refractivity contribution in [3.63, 3.8) is 0 Å². The SMILES string of the molecule is C[C@]([Si])(CONC(=O)CC1CCN(c2ncc3cc[nH]c3n2)CC1)Nc1cn[nH]c(=O)c1C(F)(F)F. The van der Waals surface area contributed by atoms with E-state index in [4.69, 9.17) is 4.84 Å². The van der Waals surface area contributed by atoms with Crippen LogP contribution >= 0.6 is 0 Å². The molecule has 0 aliphatic carbocycles. The van der Waals surface area contributed by atoms with Gasteiger partial charge in [0.15, 0.2) is 0 Å². The molecule has 15 heteroatoms. The Balaban J connectivity index is 1.22. The number of fused-ring (bicyclic) bond motifs is 1. The number of carbonyl (C=O) groups excluding carboxylic acids is 1. The minimum Gasteiger partial charge on any atom is -0.379 e. The van der Waals surface area contributed by atoms with Crippen molar-refractivity contribution in [1.82, 2.24) is 30.6 Å². The molecule has 1 aliphatic heterocycles. The van der Waals surface area contributed by atoms with Gasteiger partial charge in [0.05, 0.1) is 28.7 Å². The largest absolute Gasteiger partial charge is 0.423 e. The van der Waals surface area contributed by atoms with E-state index in [9.17, 15) is 22.8 Å². The third-order valence-corrected chi connectivity index (χ3v) is 6.03. The molecule has 1 atom stereocenters. The van der Waals surface area contributed by atoms with Crippen LogP contribution in [0, 0.1) is 5.92 Å². The van der Waals surface area contributed by atoms with Crippen molar-refractivity contribution in [2.24, 2.45) is 5.92 Å². The summed E-state index contributed by atoms with van der Waals surface area (Å²) in [6, 6.07) is 1.90. The number of rotatable bonds is 8. The van der Waals surface area contributed by atoms with E-state index in [-0.39, 0.29) is 24.9 Å². The Hall–Kier alpha value is -3.46. The number of nitrogens with one attached hydrogen (secondary N) is 4. The summed E-state index contributed by atoms with van der Waals surface area (Å²) in [6.07, 6.45) is 1.34. The Bertz CT molecular complexity index is 1270. The third kappa shape index (κ3) is 6.20. The molecule has 1 saturated heterocycles. The average Bonchev–Trinajstić information content (AvgIpc) is 3.26. The van der Waals surface area contributed by atoms with Crippen LogP contribution in [0.5, 0.6) is 0 Å². The van der Waals surface area contributed by atoms with Crippen molar-refractivity contribution in [3.8, 4) is 0 Å². The average molecular weight is 522 g/mol. The second-order valence-electron chi connectivity index (χ2n) is 8.84. The fourth-order valence-corrected chi connectivity index (χ4v) is 4.20. The van der Waals surface area contributed by atoms with Gasteiger partial charge in [0, 0.05) is 42.5 Å². The molecule has 0 spiro atoms. The maximum absolute atomic E-state index is 13.2. The van der Waals surface area contributed by atoms with Gasteiger partial charge in [0.1, 0.15) is 11.2 Å². The minimum atomic E-state index is -4.88. The zero-order valence-electron chi connectivity index (χ0n) is 19.3. The first kappa shape index (κ1) is 25.6. The van der Waals surface area contributed by atoms with E-state index < -0.39 is 28.1 Å². The lowest BCUT2D eigenvalue weighted by Crippen LogP contribution is -2.44. The predicted octanol–water partition coefficient (Wildman–Crippen LogP) is 1.71. The highest BCUT2D eigenvalue weighted by molar-refractivity contribution is 6.16. The first-order valence-electron chi connectivity index (χ1n) is 11.2. The van der Waals surface area contributed by atoms with E-state index in [1.807, 2.05) is 12.3 Å². The van der Waals surface area contributed by atoms with Crippen LogP contribution < -0.4 is 21.3 Å². The van der Waals surface area contributed by atoms with Crippen LogP contribution in [0.2, 0.25) is 0 Å². The van der Waals surface area contributed by atoms with Crippen LogP contribution in [0.15, 0.2) is 29.5 Å². The molecule has 0 bridgehead atoms. The molecule has 3 aromatic rings. The van der Waals surface area contributed by atoms with Gasteiger partial charge in [0.25, 0.3) is 5.56 Å². The van der Waals surface area contributed by atoms with E-state index >= 15 is 0 Å². The lowest BCUT2D eigenvalue weighted by atomic mass is 9.93. The van der Waals surface area contributed by atoms with Crippen molar-refractivity contribution < 1.29 is 22.8 Å². The summed E-state index contributed by atoms with van der Waals surface area (Å²) in [5, 5.41) is 7.41. The molecule has 3 aromatic heterocycles. The maximum Gasteiger partial charge on any atom is 0.423 e. The van der Waals surface area contributed by atoms with Gasteiger partial charge < -0.3 is 15.2 Å². The number of nitrogens with zero attached hydrogens (tertiary/aromatic N) is 4. The zero-order valence-corrected chi connectivity index (χ0v) is 20.3. The smallest absolute Gasteiger partial charge is 0.379 e. The molecule has 0 aromatic carbocycles. The first-order valence-corrected chi connectivity index (χ1v) is 11.7. The van der Waals surface area contributed by atoms with Gasteiger partial charge >= 0.3 is 6.18 Å². The van der Waals surface area contributed by atoms with Crippen LogP contribution in [0.3, 0.4) is 0 Å². The summed E-state index contributed by atoms with van der Waals surface area (Å²) in [7, 11) is 3.28. The molecular weight excluding hydrogens is 497 g/mol. The number of anilines is 2. The molecule has 3 radical (unpaired) electrons. The van der Waals surface area contributed by atoms with Crippen molar-refractivity contribution >= 4 is 38.8 Å². The molecule has 4 rings (SSSR count). The van der Waals surface area contributed by atoms with Gasteiger partial charge in [-0.25, -0.2) is 15.6 Å². The Morgan fingerprint density at radius 3 is 2.78 bits per heavy atom. The maximum atomic E-state index is 13.2. The van der Waals surface area contributed by atoms with Gasteiger partial charge in [-0.2, -0.15) is 23.3 Å². The highest BCUT2D eigenvalue weighted by Crippen LogP contribution is 2.32. The van der Waals surface area contributed by atoms with Crippen molar-refractivity contribution in [2.75, 3.05) is 29.9 Å². The van der Waals surface area contributed by atoms with Crippen LogP contribution in [0.25, 0.3) is 11.0 Å². The van der Waals surface area contributed by atoms with Gasteiger partial charge in [-0.05, 0) is 31.7 Å². The molecule has 4 heterocycles. The summed E-state index contributed by atoms with van der Waals surface area (Å²) in [6.45, 7) is 2.66. The Morgan fingerprint density at radius 2 is 2.06 bits per heavy atom. The molecule has 1 fully saturated rings. The molecule has 0 unspecified atom stereocenters. The monoisotopic (exact) mass is 521 g/mol. The molecule has 11 nitrogen and oxygen atoms in total. The van der Waals surface area contributed by atoms with Gasteiger partial charge in [-0.1, -0.05) is 0 Å². The summed E-state index contributed by atoms with van der Waals surface area (Å²) < 4.78 is 39.7. The summed E-state index contributed by atoms with van der Waals surface area (Å²) in [5.41, 5.74) is -0.194. The molecule has 1 amide bonds. The fraction of sp³-hybridized carbons (Fsp3) is 0.476. The second kappa shape index (κ2) is 10.3. The molecule has 1 aliphatic rings. The van der Waals surface area contributed by atoms with Crippen molar-refractivity contribution in [3.05, 3.63) is 40.6 Å². The number of aromatic nitrogens is 5. The number of carbonyl (C=O) groups is 1. The Morgan fingerprint density at radius 1 is 1.31 bits per heavy atom. The zero-order chi connectivity index (χ0) is 25.9. The summed E-state index contributed by atoms with van der Waals surface area (Å²) in [5.74, 6) is 0.446. The highest BCUT2D eigenvalue weighted by atomic mass is 28.1. The molecule has 4 N–H and O–H groups in total.